The molecule has 6 nitrogen and oxygen atoms in total. The highest BCUT2D eigenvalue weighted by Crippen LogP contribution is 2.31. The van der Waals surface area contributed by atoms with Crippen LogP contribution in [0.5, 0.6) is 0 Å². The maximum absolute atomic E-state index is 13.3. The minimum absolute atomic E-state index is 0.0738. The molecule has 4 rings (SSSR count). The van der Waals surface area contributed by atoms with Crippen LogP contribution >= 0.6 is 0 Å². The van der Waals surface area contributed by atoms with E-state index in [1.807, 2.05) is 11.0 Å². The fourth-order valence-corrected chi connectivity index (χ4v) is 3.84. The van der Waals surface area contributed by atoms with Crippen LogP contribution < -0.4 is 5.32 Å². The Morgan fingerprint density at radius 1 is 0.968 bits per heavy atom. The van der Waals surface area contributed by atoms with Gasteiger partial charge in [-0.25, -0.2) is 4.39 Å². The number of nitrogens with one attached hydrogen (secondary N) is 1. The van der Waals surface area contributed by atoms with E-state index < -0.39 is 5.82 Å². The van der Waals surface area contributed by atoms with Crippen LogP contribution in [0.2, 0.25) is 0 Å². The normalized spacial score (nSPS) is 16.7. The Morgan fingerprint density at radius 2 is 1.71 bits per heavy atom. The molecule has 2 fully saturated rings. The molecule has 2 aromatic rings. The zero-order valence-corrected chi connectivity index (χ0v) is 17.4. The van der Waals surface area contributed by atoms with Crippen molar-refractivity contribution in [2.45, 2.75) is 19.3 Å². The molecule has 1 aliphatic carbocycles. The summed E-state index contributed by atoms with van der Waals surface area (Å²) in [5.41, 5.74) is 1.56. The van der Waals surface area contributed by atoms with Gasteiger partial charge in [-0.1, -0.05) is 18.2 Å². The molecule has 162 valence electrons. The third-order valence-electron chi connectivity index (χ3n) is 5.68. The van der Waals surface area contributed by atoms with E-state index >= 15 is 0 Å². The van der Waals surface area contributed by atoms with Gasteiger partial charge in [0.05, 0.1) is 6.54 Å². The standard InChI is InChI=1S/C24H26FN3O3/c25-20-5-2-6-21(15-20)26-23(30)19-4-1-3-17(13-19)14-22(29)16-27-9-11-28(12-10-27)24(31)18-7-8-18/h1-6,13,15,18H,7-12,14,16H2,(H,26,30). The Kier molecular flexibility index (Phi) is 6.42. The van der Waals surface area contributed by atoms with E-state index in [4.69, 9.17) is 0 Å². The summed E-state index contributed by atoms with van der Waals surface area (Å²) in [6.07, 6.45) is 2.26. The molecular formula is C24H26FN3O3. The van der Waals surface area contributed by atoms with E-state index in [1.165, 1.54) is 18.2 Å². The maximum Gasteiger partial charge on any atom is 0.255 e. The van der Waals surface area contributed by atoms with Gasteiger partial charge in [-0.15, -0.1) is 0 Å². The molecule has 2 amide bonds. The number of halogens is 1. The van der Waals surface area contributed by atoms with Crippen LogP contribution in [0.25, 0.3) is 0 Å². The van der Waals surface area contributed by atoms with E-state index in [-0.39, 0.29) is 29.9 Å². The lowest BCUT2D eigenvalue weighted by atomic mass is 10.0. The van der Waals surface area contributed by atoms with Gasteiger partial charge in [-0.05, 0) is 48.7 Å². The molecule has 1 saturated carbocycles. The van der Waals surface area contributed by atoms with Gasteiger partial charge in [0, 0.05) is 49.8 Å². The van der Waals surface area contributed by atoms with Gasteiger partial charge in [0.1, 0.15) is 5.82 Å². The zero-order valence-electron chi connectivity index (χ0n) is 17.4. The number of Topliss-reactive ketones (excluding diaryl/α,β-unsaturated/α-hetero) is 1. The van der Waals surface area contributed by atoms with Gasteiger partial charge < -0.3 is 10.2 Å². The molecule has 1 N–H and O–H groups in total. The quantitative estimate of drug-likeness (QED) is 0.744. The number of anilines is 1. The minimum atomic E-state index is -0.421. The summed E-state index contributed by atoms with van der Waals surface area (Å²) < 4.78 is 13.3. The van der Waals surface area contributed by atoms with Gasteiger partial charge in [0.2, 0.25) is 5.91 Å². The fraction of sp³-hybridized carbons (Fsp3) is 0.375. The van der Waals surface area contributed by atoms with Crippen molar-refractivity contribution in [1.29, 1.82) is 0 Å². The summed E-state index contributed by atoms with van der Waals surface area (Å²) in [4.78, 5) is 41.2. The molecule has 1 saturated heterocycles. The molecular weight excluding hydrogens is 397 g/mol. The number of nitrogens with zero attached hydrogens (tertiary/aromatic N) is 2. The smallest absolute Gasteiger partial charge is 0.255 e. The first-order valence-electron chi connectivity index (χ1n) is 10.7. The molecule has 0 spiro atoms. The Bertz CT molecular complexity index is 982. The second-order valence-corrected chi connectivity index (χ2v) is 8.26. The van der Waals surface area contributed by atoms with Crippen molar-refractivity contribution in [3.05, 3.63) is 65.5 Å². The molecule has 31 heavy (non-hydrogen) atoms. The van der Waals surface area contributed by atoms with Gasteiger partial charge >= 0.3 is 0 Å². The molecule has 0 bridgehead atoms. The first-order chi connectivity index (χ1) is 15.0. The second-order valence-electron chi connectivity index (χ2n) is 8.26. The average Bonchev–Trinajstić information content (AvgIpc) is 3.59. The van der Waals surface area contributed by atoms with Crippen LogP contribution in [0, 0.1) is 11.7 Å². The Hall–Kier alpha value is -3.06. The Labute approximate surface area is 181 Å². The van der Waals surface area contributed by atoms with Crippen LogP contribution in [0.3, 0.4) is 0 Å². The topological polar surface area (TPSA) is 69.7 Å². The molecule has 7 heteroatoms. The summed E-state index contributed by atoms with van der Waals surface area (Å²) in [6.45, 7) is 3.11. The SMILES string of the molecule is O=C(Cc1cccc(C(=O)Nc2cccc(F)c2)c1)CN1CCN(C(=O)C2CC2)CC1. The highest BCUT2D eigenvalue weighted by molar-refractivity contribution is 6.04. The Morgan fingerprint density at radius 3 is 2.42 bits per heavy atom. The fourth-order valence-electron chi connectivity index (χ4n) is 3.84. The monoisotopic (exact) mass is 423 g/mol. The van der Waals surface area contributed by atoms with Crippen molar-refractivity contribution in [3.8, 4) is 0 Å². The van der Waals surface area contributed by atoms with E-state index in [0.717, 1.165) is 18.4 Å². The lowest BCUT2D eigenvalue weighted by molar-refractivity contribution is -0.134. The molecule has 0 aromatic heterocycles. The van der Waals surface area contributed by atoms with Crippen molar-refractivity contribution in [2.24, 2.45) is 5.92 Å². The summed E-state index contributed by atoms with van der Waals surface area (Å²) in [7, 11) is 0. The summed E-state index contributed by atoms with van der Waals surface area (Å²) in [5.74, 6) is -0.200. The molecule has 2 aromatic carbocycles. The molecule has 0 radical (unpaired) electrons. The highest BCUT2D eigenvalue weighted by Gasteiger charge is 2.34. The van der Waals surface area contributed by atoms with Crippen molar-refractivity contribution < 1.29 is 18.8 Å². The van der Waals surface area contributed by atoms with Gasteiger partial charge in [0.25, 0.3) is 5.91 Å². The number of hydrogen-bond donors (Lipinski definition) is 1. The molecule has 2 aliphatic rings. The predicted molar refractivity (Wildman–Crippen MR) is 115 cm³/mol. The van der Waals surface area contributed by atoms with Crippen molar-refractivity contribution >= 4 is 23.3 Å². The van der Waals surface area contributed by atoms with Crippen LogP contribution in [0.4, 0.5) is 10.1 Å². The minimum Gasteiger partial charge on any atom is -0.340 e. The van der Waals surface area contributed by atoms with Crippen LogP contribution in [0.1, 0.15) is 28.8 Å². The average molecular weight is 423 g/mol. The van der Waals surface area contributed by atoms with Crippen molar-refractivity contribution in [3.63, 3.8) is 0 Å². The predicted octanol–water partition coefficient (Wildman–Crippen LogP) is 2.74. The maximum atomic E-state index is 13.3. The number of carbonyl (C=O) groups excluding carboxylic acids is 3. The summed E-state index contributed by atoms with van der Waals surface area (Å²) in [6, 6.07) is 12.6. The Balaban J connectivity index is 1.28. The van der Waals surface area contributed by atoms with Crippen LogP contribution in [-0.2, 0) is 16.0 Å². The molecule has 1 aliphatic heterocycles. The molecule has 1 heterocycles. The first kappa shape index (κ1) is 21.2. The van der Waals surface area contributed by atoms with Gasteiger partial charge in [-0.2, -0.15) is 0 Å². The van der Waals surface area contributed by atoms with E-state index in [1.54, 1.807) is 24.3 Å². The van der Waals surface area contributed by atoms with Crippen LogP contribution in [-0.4, -0.2) is 60.1 Å². The van der Waals surface area contributed by atoms with E-state index in [2.05, 4.69) is 10.2 Å². The number of carbonyl (C=O) groups is 3. The molecule has 0 unspecified atom stereocenters. The lowest BCUT2D eigenvalue weighted by Crippen LogP contribution is -2.50. The van der Waals surface area contributed by atoms with Crippen molar-refractivity contribution in [1.82, 2.24) is 9.80 Å². The summed E-state index contributed by atoms with van der Waals surface area (Å²) in [5, 5.41) is 2.67. The van der Waals surface area contributed by atoms with E-state index in [9.17, 15) is 18.8 Å². The van der Waals surface area contributed by atoms with Crippen molar-refractivity contribution in [2.75, 3.05) is 38.0 Å². The third-order valence-corrected chi connectivity index (χ3v) is 5.68. The number of ketones is 1. The largest absolute Gasteiger partial charge is 0.340 e. The van der Waals surface area contributed by atoms with Gasteiger partial charge in [0.15, 0.2) is 5.78 Å². The second kappa shape index (κ2) is 9.39. The summed E-state index contributed by atoms with van der Waals surface area (Å²) >= 11 is 0. The molecule has 0 atom stereocenters. The first-order valence-corrected chi connectivity index (χ1v) is 10.7. The third kappa shape index (κ3) is 5.76. The zero-order chi connectivity index (χ0) is 21.8. The number of benzene rings is 2. The van der Waals surface area contributed by atoms with Crippen LogP contribution in [0.15, 0.2) is 48.5 Å². The highest BCUT2D eigenvalue weighted by atomic mass is 19.1. The number of hydrogen-bond acceptors (Lipinski definition) is 4. The van der Waals surface area contributed by atoms with Gasteiger partial charge in [-0.3, -0.25) is 19.3 Å². The number of rotatable bonds is 7. The van der Waals surface area contributed by atoms with E-state index in [0.29, 0.717) is 44.0 Å². The number of amides is 2. The number of piperazine rings is 1. The lowest BCUT2D eigenvalue weighted by Gasteiger charge is -2.34.